The molecule has 1 aliphatic rings. The van der Waals surface area contributed by atoms with Gasteiger partial charge < -0.3 is 5.32 Å². The van der Waals surface area contributed by atoms with Crippen molar-refractivity contribution < 1.29 is 4.79 Å². The number of hydrogen-bond donors (Lipinski definition) is 1. The highest BCUT2D eigenvalue weighted by Gasteiger charge is 2.23. The number of nitrogens with zero attached hydrogens (tertiary/aromatic N) is 2. The maximum absolute atomic E-state index is 12.5. The zero-order chi connectivity index (χ0) is 18.8. The highest BCUT2D eigenvalue weighted by atomic mass is 32.2. The molecule has 0 saturated carbocycles. The molecule has 0 spiro atoms. The minimum atomic E-state index is 0.00498. The van der Waals surface area contributed by atoms with E-state index in [-0.39, 0.29) is 5.91 Å². The number of carbonyl (C=O) groups is 1. The van der Waals surface area contributed by atoms with Crippen molar-refractivity contribution in [3.8, 4) is 0 Å². The topological polar surface area (TPSA) is 54.9 Å². The van der Waals surface area contributed by atoms with Crippen LogP contribution in [-0.4, -0.2) is 21.6 Å². The van der Waals surface area contributed by atoms with Crippen molar-refractivity contribution in [1.82, 2.24) is 9.97 Å². The van der Waals surface area contributed by atoms with Gasteiger partial charge in [-0.05, 0) is 48.8 Å². The maximum Gasteiger partial charge on any atom is 0.234 e. The molecular weight excluding hydrogens is 374 g/mol. The summed E-state index contributed by atoms with van der Waals surface area (Å²) in [5.74, 6) is 1.09. The third-order valence-corrected chi connectivity index (χ3v) is 7.22. The first kappa shape index (κ1) is 18.4. The molecule has 1 aromatic carbocycles. The smallest absolute Gasteiger partial charge is 0.234 e. The van der Waals surface area contributed by atoms with Gasteiger partial charge in [0.15, 0.2) is 0 Å². The number of anilines is 1. The molecule has 4 rings (SSSR count). The van der Waals surface area contributed by atoms with Crippen LogP contribution in [0, 0.1) is 5.92 Å². The van der Waals surface area contributed by atoms with Gasteiger partial charge >= 0.3 is 0 Å². The highest BCUT2D eigenvalue weighted by Crippen LogP contribution is 2.40. The number of benzene rings is 1. The Morgan fingerprint density at radius 2 is 2.19 bits per heavy atom. The quantitative estimate of drug-likeness (QED) is 0.480. The van der Waals surface area contributed by atoms with Crippen LogP contribution >= 0.6 is 23.1 Å². The molecule has 140 valence electrons. The largest absolute Gasteiger partial charge is 0.325 e. The number of fused-ring (bicyclic) bond motifs is 3. The van der Waals surface area contributed by atoms with Crippen molar-refractivity contribution in [2.24, 2.45) is 5.92 Å². The molecule has 4 nitrogen and oxygen atoms in total. The zero-order valence-corrected chi connectivity index (χ0v) is 17.3. The molecule has 0 fully saturated rings. The van der Waals surface area contributed by atoms with Gasteiger partial charge in [-0.3, -0.25) is 4.79 Å². The summed E-state index contributed by atoms with van der Waals surface area (Å²) in [6.45, 7) is 4.41. The molecule has 1 aliphatic carbocycles. The van der Waals surface area contributed by atoms with Crippen molar-refractivity contribution >= 4 is 44.9 Å². The summed E-state index contributed by atoms with van der Waals surface area (Å²) in [6, 6.07) is 7.96. The lowest BCUT2D eigenvalue weighted by Gasteiger charge is -2.18. The third kappa shape index (κ3) is 3.87. The Morgan fingerprint density at radius 1 is 1.33 bits per heavy atom. The fourth-order valence-corrected chi connectivity index (χ4v) is 5.87. The Bertz CT molecular complexity index is 983. The van der Waals surface area contributed by atoms with Crippen molar-refractivity contribution in [3.05, 3.63) is 46.6 Å². The zero-order valence-electron chi connectivity index (χ0n) is 15.6. The summed E-state index contributed by atoms with van der Waals surface area (Å²) >= 11 is 3.31. The van der Waals surface area contributed by atoms with Crippen LogP contribution in [0.4, 0.5) is 5.69 Å². The standard InChI is InChI=1S/C21H23N3OS2/c1-3-14-6-4-5-7-16(14)24-18(25)11-26-20-19-15-9-8-13(2)10-17(15)27-21(19)23-12-22-20/h4-7,12-13H,3,8-11H2,1-2H3,(H,24,25)/t13-/m0/s1. The first-order chi connectivity index (χ1) is 13.2. The average Bonchev–Trinajstić information content (AvgIpc) is 3.04. The molecule has 0 aliphatic heterocycles. The van der Waals surface area contributed by atoms with Gasteiger partial charge in [0.05, 0.1) is 5.75 Å². The highest BCUT2D eigenvalue weighted by molar-refractivity contribution is 8.00. The van der Waals surface area contributed by atoms with E-state index >= 15 is 0 Å². The fraction of sp³-hybridized carbons (Fsp3) is 0.381. The van der Waals surface area contributed by atoms with E-state index in [0.717, 1.165) is 46.3 Å². The van der Waals surface area contributed by atoms with Crippen molar-refractivity contribution in [3.63, 3.8) is 0 Å². The van der Waals surface area contributed by atoms with E-state index in [2.05, 4.69) is 35.2 Å². The summed E-state index contributed by atoms with van der Waals surface area (Å²) in [6.07, 6.45) is 5.96. The number of aryl methyl sites for hydroxylation is 2. The van der Waals surface area contributed by atoms with E-state index < -0.39 is 0 Å². The number of amides is 1. The van der Waals surface area contributed by atoms with Crippen LogP contribution < -0.4 is 5.32 Å². The molecule has 2 heterocycles. The second kappa shape index (κ2) is 7.98. The lowest BCUT2D eigenvalue weighted by atomic mass is 9.89. The number of rotatable bonds is 5. The number of aromatic nitrogens is 2. The molecule has 0 saturated heterocycles. The minimum Gasteiger partial charge on any atom is -0.325 e. The van der Waals surface area contributed by atoms with Crippen LogP contribution in [0.5, 0.6) is 0 Å². The summed E-state index contributed by atoms with van der Waals surface area (Å²) in [7, 11) is 0. The lowest BCUT2D eigenvalue weighted by Crippen LogP contribution is -2.15. The number of thioether (sulfide) groups is 1. The number of nitrogens with one attached hydrogen (secondary N) is 1. The van der Waals surface area contributed by atoms with E-state index in [1.165, 1.54) is 34.0 Å². The molecule has 0 unspecified atom stereocenters. The normalized spacial score (nSPS) is 16.3. The molecule has 1 N–H and O–H groups in total. The third-order valence-electron chi connectivity index (χ3n) is 5.07. The van der Waals surface area contributed by atoms with Crippen molar-refractivity contribution in [2.45, 2.75) is 44.6 Å². The SMILES string of the molecule is CCc1ccccc1NC(=O)CSc1ncnc2sc3c(c12)CC[C@H](C)C3. The van der Waals surface area contributed by atoms with Gasteiger partial charge in [0.1, 0.15) is 16.2 Å². The molecule has 27 heavy (non-hydrogen) atoms. The van der Waals surface area contributed by atoms with Gasteiger partial charge in [-0.25, -0.2) is 9.97 Å². The van der Waals surface area contributed by atoms with E-state index in [0.29, 0.717) is 5.75 Å². The molecule has 3 aromatic rings. The van der Waals surface area contributed by atoms with E-state index in [1.807, 2.05) is 18.2 Å². The molecule has 1 atom stereocenters. The van der Waals surface area contributed by atoms with Crippen molar-refractivity contribution in [2.75, 3.05) is 11.1 Å². The maximum atomic E-state index is 12.5. The number of thiophene rings is 1. The van der Waals surface area contributed by atoms with Gasteiger partial charge in [-0.1, -0.05) is 43.8 Å². The van der Waals surface area contributed by atoms with Crippen molar-refractivity contribution in [1.29, 1.82) is 0 Å². The van der Waals surface area contributed by atoms with Gasteiger partial charge in [-0.15, -0.1) is 11.3 Å². The number of para-hydroxylation sites is 1. The lowest BCUT2D eigenvalue weighted by molar-refractivity contribution is -0.113. The molecule has 1 amide bonds. The Hall–Kier alpha value is -1.92. The van der Waals surface area contributed by atoms with Gasteiger partial charge in [-0.2, -0.15) is 0 Å². The van der Waals surface area contributed by atoms with E-state index in [4.69, 9.17) is 0 Å². The molecule has 6 heteroatoms. The summed E-state index contributed by atoms with van der Waals surface area (Å²) < 4.78 is 0. The minimum absolute atomic E-state index is 0.00498. The van der Waals surface area contributed by atoms with Crippen LogP contribution in [0.25, 0.3) is 10.2 Å². The van der Waals surface area contributed by atoms with Gasteiger partial charge in [0.25, 0.3) is 0 Å². The number of carbonyl (C=O) groups excluding carboxylic acids is 1. The first-order valence-electron chi connectivity index (χ1n) is 9.41. The van der Waals surface area contributed by atoms with E-state index in [9.17, 15) is 4.79 Å². The van der Waals surface area contributed by atoms with Crippen LogP contribution in [0.15, 0.2) is 35.6 Å². The Kier molecular flexibility index (Phi) is 5.45. The first-order valence-corrected chi connectivity index (χ1v) is 11.2. The monoisotopic (exact) mass is 397 g/mol. The Balaban J connectivity index is 1.51. The molecule has 0 bridgehead atoms. The predicted molar refractivity (Wildman–Crippen MR) is 114 cm³/mol. The van der Waals surface area contributed by atoms with Crippen LogP contribution in [0.2, 0.25) is 0 Å². The molecule has 0 radical (unpaired) electrons. The van der Waals surface area contributed by atoms with Crippen LogP contribution in [0.1, 0.15) is 36.3 Å². The Morgan fingerprint density at radius 3 is 3.04 bits per heavy atom. The summed E-state index contributed by atoms with van der Waals surface area (Å²) in [5.41, 5.74) is 3.47. The second-order valence-corrected chi connectivity index (χ2v) is 9.11. The Labute approximate surface area is 167 Å². The average molecular weight is 398 g/mol. The predicted octanol–water partition coefficient (Wildman–Crippen LogP) is 5.11. The van der Waals surface area contributed by atoms with Crippen LogP contribution in [0.3, 0.4) is 0 Å². The summed E-state index contributed by atoms with van der Waals surface area (Å²) in [4.78, 5) is 24.0. The molecular formula is C21H23N3OS2. The number of hydrogen-bond acceptors (Lipinski definition) is 5. The van der Waals surface area contributed by atoms with Crippen LogP contribution in [-0.2, 0) is 24.1 Å². The van der Waals surface area contributed by atoms with E-state index in [1.54, 1.807) is 17.7 Å². The van der Waals surface area contributed by atoms with Gasteiger partial charge in [0, 0.05) is 16.0 Å². The fourth-order valence-electron chi connectivity index (χ4n) is 3.63. The van der Waals surface area contributed by atoms with Gasteiger partial charge in [0.2, 0.25) is 5.91 Å². The summed E-state index contributed by atoms with van der Waals surface area (Å²) in [5, 5.41) is 5.15. The second-order valence-electron chi connectivity index (χ2n) is 7.06. The molecule has 2 aromatic heterocycles.